The zero-order valence-electron chi connectivity index (χ0n) is 27.4. The van der Waals surface area contributed by atoms with Crippen LogP contribution < -0.4 is 15.3 Å². The Bertz CT molecular complexity index is 532. The van der Waals surface area contributed by atoms with Gasteiger partial charge in [-0.15, -0.1) is 0 Å². The van der Waals surface area contributed by atoms with Crippen LogP contribution in [0.15, 0.2) is 0 Å². The van der Waals surface area contributed by atoms with Gasteiger partial charge in [0.15, 0.2) is 0 Å². The van der Waals surface area contributed by atoms with E-state index < -0.39 is 17.9 Å². The molecule has 2 radical (unpaired) electrons. The van der Waals surface area contributed by atoms with Crippen LogP contribution in [0.4, 0.5) is 0 Å². The van der Waals surface area contributed by atoms with E-state index in [1.807, 2.05) is 0 Å². The normalized spacial score (nSPS) is 12.4. The number of carboxylic acid groups (broad SMARTS) is 3. The third kappa shape index (κ3) is 38.4. The third-order valence-corrected chi connectivity index (χ3v) is 8.70. The van der Waals surface area contributed by atoms with E-state index in [-0.39, 0.29) is 42.2 Å². The van der Waals surface area contributed by atoms with Crippen LogP contribution in [0.25, 0.3) is 0 Å². The van der Waals surface area contributed by atoms with Crippen molar-refractivity contribution in [2.24, 2.45) is 17.8 Å². The molecule has 0 aromatic rings. The minimum absolute atomic E-state index is 0. The van der Waals surface area contributed by atoms with Crippen molar-refractivity contribution >= 4 is 80.2 Å². The van der Waals surface area contributed by atoms with Crippen molar-refractivity contribution in [1.82, 2.24) is 0 Å². The third-order valence-electron chi connectivity index (χ3n) is 7.38. The van der Waals surface area contributed by atoms with E-state index in [0.29, 0.717) is 17.3 Å². The molecular weight excluding hydrogens is 710 g/mol. The second-order valence-corrected chi connectivity index (χ2v) is 12.4. The van der Waals surface area contributed by atoms with Gasteiger partial charge >= 0.3 is 24.4 Å². The van der Waals surface area contributed by atoms with E-state index >= 15 is 0 Å². The summed E-state index contributed by atoms with van der Waals surface area (Å²) in [5, 5.41) is 31.6. The van der Waals surface area contributed by atoms with Gasteiger partial charge in [-0.05, 0) is 36.5 Å². The number of thiol groups is 3. The van der Waals surface area contributed by atoms with Crippen LogP contribution in [0.3, 0.4) is 0 Å². The van der Waals surface area contributed by atoms with E-state index in [2.05, 4.69) is 58.7 Å². The summed E-state index contributed by atoms with van der Waals surface area (Å²) in [5.41, 5.74) is 0. The Kier molecular flexibility index (Phi) is 47.0. The van der Waals surface area contributed by atoms with Crippen LogP contribution in [0.5, 0.6) is 0 Å². The van der Waals surface area contributed by atoms with Crippen molar-refractivity contribution in [3.63, 3.8) is 0 Å². The fourth-order valence-corrected chi connectivity index (χ4v) is 5.36. The van der Waals surface area contributed by atoms with Crippen molar-refractivity contribution < 1.29 is 29.7 Å². The van der Waals surface area contributed by atoms with Gasteiger partial charge in [0, 0.05) is 35.7 Å². The van der Waals surface area contributed by atoms with E-state index in [1.165, 1.54) is 77.0 Å². The number of carbonyl (C=O) groups excluding carboxylic acids is 3. The van der Waals surface area contributed by atoms with E-state index in [1.54, 1.807) is 0 Å². The summed E-state index contributed by atoms with van der Waals surface area (Å²) in [6.45, 7) is 6.56. The minimum Gasteiger partial charge on any atom is -0.550 e. The fourth-order valence-electron chi connectivity index (χ4n) is 4.36. The molecule has 0 aliphatic heterocycles. The largest absolute Gasteiger partial charge is 3.00 e. The van der Waals surface area contributed by atoms with Crippen LogP contribution in [-0.2, 0) is 14.4 Å². The summed E-state index contributed by atoms with van der Waals surface area (Å²) in [4.78, 5) is 31.6. The average Bonchev–Trinajstić information content (AvgIpc) is 2.96. The van der Waals surface area contributed by atoms with Crippen molar-refractivity contribution in [3.05, 3.63) is 0 Å². The molecule has 0 spiro atoms. The molecule has 6 nitrogen and oxygen atoms in total. The Morgan fingerprint density at radius 3 is 0.767 bits per heavy atom. The first kappa shape index (κ1) is 50.1. The Labute approximate surface area is 298 Å². The molecule has 254 valence electrons. The van der Waals surface area contributed by atoms with Crippen molar-refractivity contribution in [2.75, 3.05) is 17.3 Å². The van der Waals surface area contributed by atoms with Gasteiger partial charge in [0.05, 0.1) is 0 Å². The maximum Gasteiger partial charge on any atom is 3.00 e. The molecule has 0 saturated carbocycles. The zero-order valence-corrected chi connectivity index (χ0v) is 32.7. The summed E-state index contributed by atoms with van der Waals surface area (Å²) in [6, 6.07) is 0. The van der Waals surface area contributed by atoms with Crippen molar-refractivity contribution in [3.8, 4) is 0 Å². The first-order valence-electron chi connectivity index (χ1n) is 16.6. The molecule has 3 unspecified atom stereocenters. The Morgan fingerprint density at radius 2 is 0.605 bits per heavy atom. The first-order valence-corrected chi connectivity index (χ1v) is 18.5. The molecule has 0 fully saturated rings. The molecule has 0 heterocycles. The molecule has 0 aromatic heterocycles. The van der Waals surface area contributed by atoms with Gasteiger partial charge in [0.2, 0.25) is 0 Å². The van der Waals surface area contributed by atoms with E-state index in [9.17, 15) is 29.7 Å². The van der Waals surface area contributed by atoms with Crippen LogP contribution in [0.1, 0.15) is 156 Å². The molecule has 0 aromatic carbocycles. The van der Waals surface area contributed by atoms with Crippen molar-refractivity contribution in [1.29, 1.82) is 0 Å². The standard InChI is InChI=1S/3C11H22O2S.Sb/c3*1-2-3-4-5-6-7-8-10(9-14)11(12)13;/h3*10,14H,2-9H2,1H3,(H,12,13);/q;;;+3/p-3. The van der Waals surface area contributed by atoms with Crippen molar-refractivity contribution in [2.45, 2.75) is 156 Å². The summed E-state index contributed by atoms with van der Waals surface area (Å²) >= 11 is 12.0. The smallest absolute Gasteiger partial charge is 0.550 e. The number of unbranched alkanes of at least 4 members (excludes halogenated alkanes) is 15. The number of aliphatic carboxylic acids is 3. The van der Waals surface area contributed by atoms with Gasteiger partial charge in [-0.3, -0.25) is 0 Å². The number of hydrogen-bond acceptors (Lipinski definition) is 9. The van der Waals surface area contributed by atoms with Crippen LogP contribution in [0.2, 0.25) is 0 Å². The minimum atomic E-state index is -0.950. The summed E-state index contributed by atoms with van der Waals surface area (Å²) < 4.78 is 0. The molecular formula is C33H63O6S3Sb. The van der Waals surface area contributed by atoms with E-state index in [0.717, 1.165) is 57.8 Å². The summed E-state index contributed by atoms with van der Waals surface area (Å²) in [6.07, 6.45) is 23.6. The molecule has 0 N–H and O–H groups in total. The number of carboxylic acids is 3. The molecule has 0 aliphatic rings. The maximum atomic E-state index is 10.5. The molecule has 0 rings (SSSR count). The molecule has 43 heavy (non-hydrogen) atoms. The molecule has 0 aliphatic carbocycles. The molecule has 3 atom stereocenters. The zero-order chi connectivity index (χ0) is 32.4. The molecule has 10 heteroatoms. The van der Waals surface area contributed by atoms with E-state index in [4.69, 9.17) is 0 Å². The van der Waals surface area contributed by atoms with Crippen LogP contribution >= 0.6 is 37.9 Å². The maximum absolute atomic E-state index is 10.5. The summed E-state index contributed by atoms with van der Waals surface area (Å²) in [7, 11) is 0. The Balaban J connectivity index is -0.000000262. The number of carbonyl (C=O) groups is 3. The Hall–Kier alpha value is 0.278. The van der Waals surface area contributed by atoms with Gasteiger partial charge in [0.25, 0.3) is 0 Å². The fraction of sp³-hybridized carbons (Fsp3) is 0.909. The second-order valence-electron chi connectivity index (χ2n) is 11.3. The van der Waals surface area contributed by atoms with Crippen LogP contribution in [0, 0.1) is 17.8 Å². The topological polar surface area (TPSA) is 120 Å². The van der Waals surface area contributed by atoms with Gasteiger partial charge in [-0.2, -0.15) is 37.9 Å². The first-order chi connectivity index (χ1) is 20.2. The molecule has 0 amide bonds. The number of hydrogen-bond donors (Lipinski definition) is 3. The quantitative estimate of drug-likeness (QED) is 0.0559. The van der Waals surface area contributed by atoms with Gasteiger partial charge in [-0.1, -0.05) is 136 Å². The van der Waals surface area contributed by atoms with Gasteiger partial charge in [0.1, 0.15) is 0 Å². The molecule has 0 bridgehead atoms. The summed E-state index contributed by atoms with van der Waals surface area (Å²) in [5.74, 6) is -2.72. The monoisotopic (exact) mass is 772 g/mol. The average molecular weight is 774 g/mol. The van der Waals surface area contributed by atoms with Gasteiger partial charge in [-0.25, -0.2) is 0 Å². The second kappa shape index (κ2) is 40.3. The van der Waals surface area contributed by atoms with Crippen LogP contribution in [-0.4, -0.2) is 59.6 Å². The molecule has 0 saturated heterocycles. The predicted molar refractivity (Wildman–Crippen MR) is 187 cm³/mol. The SMILES string of the molecule is CCCCCCCCC(CS)C(=O)[O-].CCCCCCCCC(CS)C(=O)[O-].CCCCCCCCC(CS)C(=O)[O-].[Sb+3]. The predicted octanol–water partition coefficient (Wildman–Crippen LogP) is 5.72. The van der Waals surface area contributed by atoms with Gasteiger partial charge < -0.3 is 29.7 Å². The number of rotatable bonds is 27. The Morgan fingerprint density at radius 1 is 0.419 bits per heavy atom.